The van der Waals surface area contributed by atoms with Crippen molar-refractivity contribution in [1.29, 1.82) is 0 Å². The molecule has 8 heteroatoms. The summed E-state index contributed by atoms with van der Waals surface area (Å²) in [5, 5.41) is 2.93. The molecule has 0 atom stereocenters. The van der Waals surface area contributed by atoms with Crippen molar-refractivity contribution in [3.8, 4) is 17.2 Å². The molecule has 0 aliphatic carbocycles. The van der Waals surface area contributed by atoms with Crippen LogP contribution in [0.4, 0.5) is 0 Å². The molecule has 7 nitrogen and oxygen atoms in total. The van der Waals surface area contributed by atoms with Crippen molar-refractivity contribution in [2.75, 3.05) is 35.4 Å². The average molecular weight is 419 g/mol. The lowest BCUT2D eigenvalue weighted by atomic mass is 10.1. The molecule has 0 spiro atoms. The van der Waals surface area contributed by atoms with Gasteiger partial charge in [-0.3, -0.25) is 9.59 Å². The fourth-order valence-electron chi connectivity index (χ4n) is 2.58. The van der Waals surface area contributed by atoms with Gasteiger partial charge in [-0.25, -0.2) is 0 Å². The summed E-state index contributed by atoms with van der Waals surface area (Å²) in [6.45, 7) is 0. The summed E-state index contributed by atoms with van der Waals surface area (Å²) in [4.78, 5) is 26.7. The lowest BCUT2D eigenvalue weighted by Crippen LogP contribution is -2.34. The maximum Gasteiger partial charge on any atom is 0.269 e. The molecule has 0 unspecified atom stereocenters. The van der Waals surface area contributed by atoms with Crippen LogP contribution < -0.4 is 19.5 Å². The van der Waals surface area contributed by atoms with Gasteiger partial charge < -0.3 is 24.4 Å². The van der Waals surface area contributed by atoms with Crippen LogP contribution in [0.15, 0.2) is 42.1 Å². The van der Waals surface area contributed by atoms with Crippen LogP contribution in [0, 0.1) is 0 Å². The van der Waals surface area contributed by atoms with Crippen LogP contribution in [0.3, 0.4) is 0 Å². The highest BCUT2D eigenvalue weighted by Crippen LogP contribution is 2.38. The van der Waals surface area contributed by atoms with Crippen molar-refractivity contribution < 1.29 is 23.8 Å². The number of likely N-dealkylation sites (N-methyl/N-ethyl adjacent to an activating group) is 1. The Hall–Kier alpha value is -3.19. The Morgan fingerprint density at radius 1 is 1.00 bits per heavy atom. The van der Waals surface area contributed by atoms with Gasteiger partial charge in [0.2, 0.25) is 5.75 Å². The second kappa shape index (κ2) is 9.84. The van der Waals surface area contributed by atoms with Crippen LogP contribution in [0.2, 0.25) is 5.02 Å². The van der Waals surface area contributed by atoms with E-state index >= 15 is 0 Å². The zero-order chi connectivity index (χ0) is 21.6. The van der Waals surface area contributed by atoms with Gasteiger partial charge in [-0.05, 0) is 35.9 Å². The van der Waals surface area contributed by atoms with E-state index < -0.39 is 5.91 Å². The Morgan fingerprint density at radius 3 is 2.07 bits per heavy atom. The predicted molar refractivity (Wildman–Crippen MR) is 112 cm³/mol. The first-order chi connectivity index (χ1) is 13.8. The second-order valence-corrected chi connectivity index (χ2v) is 6.56. The molecule has 0 aliphatic heterocycles. The highest BCUT2D eigenvalue weighted by Gasteiger charge is 2.19. The molecule has 2 aromatic carbocycles. The molecule has 1 N–H and O–H groups in total. The van der Waals surface area contributed by atoms with Crippen LogP contribution in [-0.4, -0.2) is 52.1 Å². The van der Waals surface area contributed by atoms with Gasteiger partial charge in [0.25, 0.3) is 11.8 Å². The first-order valence-corrected chi connectivity index (χ1v) is 8.99. The molecular weight excluding hydrogens is 396 g/mol. The minimum absolute atomic E-state index is 0.0641. The van der Waals surface area contributed by atoms with Gasteiger partial charge >= 0.3 is 0 Å². The minimum atomic E-state index is -0.496. The summed E-state index contributed by atoms with van der Waals surface area (Å²) in [6, 6.07) is 9.94. The second-order valence-electron chi connectivity index (χ2n) is 6.15. The summed E-state index contributed by atoms with van der Waals surface area (Å²) < 4.78 is 16.0. The number of ether oxygens (including phenoxy) is 3. The fourth-order valence-corrected chi connectivity index (χ4v) is 2.80. The van der Waals surface area contributed by atoms with Gasteiger partial charge in [0.1, 0.15) is 5.70 Å². The zero-order valence-electron chi connectivity index (χ0n) is 16.9. The summed E-state index contributed by atoms with van der Waals surface area (Å²) in [7, 11) is 7.67. The Labute approximate surface area is 174 Å². The number of hydrogen-bond donors (Lipinski definition) is 1. The average Bonchev–Trinajstić information content (AvgIpc) is 2.71. The monoisotopic (exact) mass is 418 g/mol. The number of nitrogens with zero attached hydrogens (tertiary/aromatic N) is 1. The molecule has 0 aromatic heterocycles. The number of carbonyl (C=O) groups excluding carboxylic acids is 2. The fraction of sp³-hybridized carbons (Fsp3) is 0.238. The van der Waals surface area contributed by atoms with Crippen molar-refractivity contribution in [3.63, 3.8) is 0 Å². The quantitative estimate of drug-likeness (QED) is 0.698. The van der Waals surface area contributed by atoms with Gasteiger partial charge in [0.05, 0.1) is 31.9 Å². The summed E-state index contributed by atoms with van der Waals surface area (Å²) >= 11 is 6.09. The Morgan fingerprint density at radius 2 is 1.59 bits per heavy atom. The molecule has 0 bridgehead atoms. The standard InChI is InChI=1S/C21H23ClN2O5/c1-24(2)21(26)16(23-20(25)14-8-6-7-9-15(14)22)10-13-11-17(27-3)19(29-5)18(12-13)28-4/h6-12H,1-5H3,(H,23,25). The normalized spacial score (nSPS) is 10.9. The SMILES string of the molecule is COc1cc(C=C(NC(=O)c2ccccc2Cl)C(=O)N(C)C)cc(OC)c1OC. The first-order valence-electron chi connectivity index (χ1n) is 8.61. The lowest BCUT2D eigenvalue weighted by molar-refractivity contribution is -0.124. The maximum absolute atomic E-state index is 12.7. The van der Waals surface area contributed by atoms with Crippen molar-refractivity contribution in [3.05, 3.63) is 58.2 Å². The van der Waals surface area contributed by atoms with Crippen LogP contribution in [-0.2, 0) is 4.79 Å². The van der Waals surface area contributed by atoms with Gasteiger partial charge in [-0.2, -0.15) is 0 Å². The molecule has 2 aromatic rings. The van der Waals surface area contributed by atoms with E-state index in [4.69, 9.17) is 25.8 Å². The zero-order valence-corrected chi connectivity index (χ0v) is 17.7. The molecule has 2 amide bonds. The Bertz CT molecular complexity index is 915. The molecule has 0 saturated heterocycles. The highest BCUT2D eigenvalue weighted by molar-refractivity contribution is 6.34. The van der Waals surface area contributed by atoms with Crippen molar-refractivity contribution in [2.45, 2.75) is 0 Å². The number of amides is 2. The number of halogens is 1. The lowest BCUT2D eigenvalue weighted by Gasteiger charge is -2.16. The number of carbonyl (C=O) groups is 2. The van der Waals surface area contributed by atoms with E-state index in [0.29, 0.717) is 22.8 Å². The molecule has 0 aliphatic rings. The van der Waals surface area contributed by atoms with Crippen LogP contribution >= 0.6 is 11.6 Å². The molecule has 0 radical (unpaired) electrons. The highest BCUT2D eigenvalue weighted by atomic mass is 35.5. The molecule has 29 heavy (non-hydrogen) atoms. The van der Waals surface area contributed by atoms with E-state index in [9.17, 15) is 9.59 Å². The van der Waals surface area contributed by atoms with Crippen molar-refractivity contribution in [1.82, 2.24) is 10.2 Å². The molecule has 0 fully saturated rings. The van der Waals surface area contributed by atoms with Crippen molar-refractivity contribution >= 4 is 29.5 Å². The Kier molecular flexibility index (Phi) is 7.50. The molecule has 0 saturated carbocycles. The van der Waals surface area contributed by atoms with Crippen molar-refractivity contribution in [2.24, 2.45) is 0 Å². The van der Waals surface area contributed by atoms with Gasteiger partial charge in [-0.1, -0.05) is 23.7 Å². The van der Waals surface area contributed by atoms with Crippen LogP contribution in [0.1, 0.15) is 15.9 Å². The number of hydrogen-bond acceptors (Lipinski definition) is 5. The van der Waals surface area contributed by atoms with Crippen LogP contribution in [0.5, 0.6) is 17.2 Å². The third-order valence-corrected chi connectivity index (χ3v) is 4.33. The maximum atomic E-state index is 12.7. The minimum Gasteiger partial charge on any atom is -0.493 e. The van der Waals surface area contributed by atoms with E-state index in [1.807, 2.05) is 0 Å². The summed E-state index contributed by atoms with van der Waals surface area (Å²) in [6.07, 6.45) is 1.53. The topological polar surface area (TPSA) is 77.1 Å². The van der Waals surface area contributed by atoms with Gasteiger partial charge in [-0.15, -0.1) is 0 Å². The Balaban J connectivity index is 2.50. The van der Waals surface area contributed by atoms with Gasteiger partial charge in [0, 0.05) is 14.1 Å². The largest absolute Gasteiger partial charge is 0.493 e. The third-order valence-electron chi connectivity index (χ3n) is 4.00. The van der Waals surface area contributed by atoms with E-state index in [2.05, 4.69) is 5.32 Å². The molecular formula is C21H23ClN2O5. The van der Waals surface area contributed by atoms with E-state index in [-0.39, 0.29) is 22.2 Å². The smallest absolute Gasteiger partial charge is 0.269 e. The summed E-state index contributed by atoms with van der Waals surface area (Å²) in [5.41, 5.74) is 0.898. The van der Waals surface area contributed by atoms with Gasteiger partial charge in [0.15, 0.2) is 11.5 Å². The number of benzene rings is 2. The van der Waals surface area contributed by atoms with E-state index in [1.165, 1.54) is 32.3 Å². The number of rotatable bonds is 7. The van der Waals surface area contributed by atoms with E-state index in [0.717, 1.165) is 0 Å². The molecule has 2 rings (SSSR count). The first kappa shape index (κ1) is 22.1. The summed E-state index contributed by atoms with van der Waals surface area (Å²) in [5.74, 6) is 0.385. The number of methoxy groups -OCH3 is 3. The molecule has 154 valence electrons. The van der Waals surface area contributed by atoms with Crippen LogP contribution in [0.25, 0.3) is 6.08 Å². The molecule has 0 heterocycles. The predicted octanol–water partition coefficient (Wildman–Crippen LogP) is 3.22. The van der Waals surface area contributed by atoms with E-state index in [1.54, 1.807) is 50.5 Å². The number of nitrogens with one attached hydrogen (secondary N) is 1. The third kappa shape index (κ3) is 5.20.